The Kier molecular flexibility index (Phi) is 5.20. The summed E-state index contributed by atoms with van der Waals surface area (Å²) in [6.45, 7) is 7.15. The molecule has 0 spiro atoms. The van der Waals surface area contributed by atoms with E-state index in [1.165, 1.54) is 4.88 Å². The van der Waals surface area contributed by atoms with Crippen LogP contribution in [0.2, 0.25) is 0 Å². The maximum Gasteiger partial charge on any atom is 0.150 e. The summed E-state index contributed by atoms with van der Waals surface area (Å²) in [5.74, 6) is 1.04. The van der Waals surface area contributed by atoms with Gasteiger partial charge in [-0.15, -0.1) is 11.3 Å². The molecule has 0 aliphatic carbocycles. The standard InChI is InChI=1S/C14H24N2O2S2/c1-4-15-13(7-12-5-6-20(17,18)9-12)8-14-16-10(2)11(3)19-14/h12-13,15H,4-9H2,1-3H3. The Morgan fingerprint density at radius 2 is 2.20 bits per heavy atom. The number of hydrogen-bond acceptors (Lipinski definition) is 5. The van der Waals surface area contributed by atoms with Gasteiger partial charge in [0.15, 0.2) is 9.84 Å². The lowest BCUT2D eigenvalue weighted by atomic mass is 9.97. The van der Waals surface area contributed by atoms with Crippen molar-refractivity contribution in [1.82, 2.24) is 10.3 Å². The molecular formula is C14H24N2O2S2. The SMILES string of the molecule is CCNC(Cc1nc(C)c(C)s1)CC1CCS(=O)(=O)C1. The van der Waals surface area contributed by atoms with Crippen LogP contribution in [0.5, 0.6) is 0 Å². The van der Waals surface area contributed by atoms with Gasteiger partial charge in [-0.05, 0) is 39.2 Å². The fourth-order valence-electron chi connectivity index (χ4n) is 2.83. The number of nitrogens with zero attached hydrogens (tertiary/aromatic N) is 1. The second-order valence-electron chi connectivity index (χ2n) is 5.71. The second kappa shape index (κ2) is 6.54. The molecule has 2 unspecified atom stereocenters. The maximum absolute atomic E-state index is 11.6. The van der Waals surface area contributed by atoms with Gasteiger partial charge in [-0.25, -0.2) is 13.4 Å². The lowest BCUT2D eigenvalue weighted by molar-refractivity contribution is 0.409. The van der Waals surface area contributed by atoms with Gasteiger partial charge in [0.25, 0.3) is 0 Å². The van der Waals surface area contributed by atoms with E-state index in [1.807, 2.05) is 6.92 Å². The van der Waals surface area contributed by atoms with Gasteiger partial charge in [-0.2, -0.15) is 0 Å². The first-order valence-electron chi connectivity index (χ1n) is 7.26. The molecule has 6 heteroatoms. The molecule has 114 valence electrons. The molecule has 1 aromatic heterocycles. The Bertz CT molecular complexity index is 532. The third-order valence-corrected chi connectivity index (χ3v) is 6.86. The van der Waals surface area contributed by atoms with Crippen molar-refractivity contribution in [3.8, 4) is 0 Å². The molecule has 1 saturated heterocycles. The number of sulfone groups is 1. The summed E-state index contributed by atoms with van der Waals surface area (Å²) < 4.78 is 23.1. The summed E-state index contributed by atoms with van der Waals surface area (Å²) in [7, 11) is -2.77. The molecule has 0 bridgehead atoms. The molecule has 0 radical (unpaired) electrons. The van der Waals surface area contributed by atoms with Gasteiger partial charge in [0.2, 0.25) is 0 Å². The highest BCUT2D eigenvalue weighted by Crippen LogP contribution is 2.25. The highest BCUT2D eigenvalue weighted by atomic mass is 32.2. The van der Waals surface area contributed by atoms with E-state index in [0.717, 1.165) is 36.5 Å². The lowest BCUT2D eigenvalue weighted by Gasteiger charge is -2.19. The minimum atomic E-state index is -2.77. The van der Waals surface area contributed by atoms with Crippen molar-refractivity contribution >= 4 is 21.2 Å². The molecule has 0 aromatic carbocycles. The van der Waals surface area contributed by atoms with E-state index in [9.17, 15) is 8.42 Å². The second-order valence-corrected chi connectivity index (χ2v) is 9.23. The molecule has 0 saturated carbocycles. The van der Waals surface area contributed by atoms with E-state index in [2.05, 4.69) is 24.1 Å². The quantitative estimate of drug-likeness (QED) is 0.873. The fourth-order valence-corrected chi connectivity index (χ4v) is 5.72. The highest BCUT2D eigenvalue weighted by Gasteiger charge is 2.29. The molecule has 1 N–H and O–H groups in total. The van der Waals surface area contributed by atoms with Crippen LogP contribution in [0.4, 0.5) is 0 Å². The molecule has 2 rings (SSSR count). The maximum atomic E-state index is 11.6. The lowest BCUT2D eigenvalue weighted by Crippen LogP contribution is -2.33. The van der Waals surface area contributed by atoms with Gasteiger partial charge in [-0.1, -0.05) is 6.92 Å². The average molecular weight is 316 g/mol. The molecule has 1 aromatic rings. The van der Waals surface area contributed by atoms with Gasteiger partial charge in [0, 0.05) is 17.3 Å². The van der Waals surface area contributed by atoms with E-state index in [-0.39, 0.29) is 0 Å². The third kappa shape index (κ3) is 4.27. The summed E-state index contributed by atoms with van der Waals surface area (Å²) in [4.78, 5) is 5.87. The minimum absolute atomic E-state index is 0.311. The van der Waals surface area contributed by atoms with Gasteiger partial charge in [0.1, 0.15) is 0 Å². The number of rotatable bonds is 6. The molecule has 2 heterocycles. The van der Waals surface area contributed by atoms with E-state index in [4.69, 9.17) is 0 Å². The number of thiazole rings is 1. The molecule has 0 amide bonds. The molecule has 1 aliphatic heterocycles. The van der Waals surface area contributed by atoms with Gasteiger partial charge >= 0.3 is 0 Å². The van der Waals surface area contributed by atoms with Crippen LogP contribution in [0.1, 0.15) is 35.3 Å². The Labute approximate surface area is 125 Å². The van der Waals surface area contributed by atoms with Gasteiger partial charge in [-0.3, -0.25) is 0 Å². The van der Waals surface area contributed by atoms with Crippen LogP contribution >= 0.6 is 11.3 Å². The van der Waals surface area contributed by atoms with Crippen molar-refractivity contribution in [3.63, 3.8) is 0 Å². The van der Waals surface area contributed by atoms with Crippen LogP contribution in [-0.2, 0) is 16.3 Å². The minimum Gasteiger partial charge on any atom is -0.314 e. The Hall–Kier alpha value is -0.460. The number of aromatic nitrogens is 1. The summed E-state index contributed by atoms with van der Waals surface area (Å²) in [6, 6.07) is 0.336. The first kappa shape index (κ1) is 15.9. The van der Waals surface area contributed by atoms with E-state index >= 15 is 0 Å². The number of hydrogen-bond donors (Lipinski definition) is 1. The van der Waals surface area contributed by atoms with Crippen LogP contribution in [0.25, 0.3) is 0 Å². The van der Waals surface area contributed by atoms with Crippen molar-refractivity contribution in [3.05, 3.63) is 15.6 Å². The van der Waals surface area contributed by atoms with Crippen molar-refractivity contribution < 1.29 is 8.42 Å². The monoisotopic (exact) mass is 316 g/mol. The van der Waals surface area contributed by atoms with Crippen molar-refractivity contribution in [2.45, 2.75) is 46.1 Å². The number of likely N-dealkylation sites (N-methyl/N-ethyl adjacent to an activating group) is 1. The molecule has 20 heavy (non-hydrogen) atoms. The first-order valence-corrected chi connectivity index (χ1v) is 9.90. The predicted molar refractivity (Wildman–Crippen MR) is 84.1 cm³/mol. The Balaban J connectivity index is 1.96. The predicted octanol–water partition coefficient (Wildman–Crippen LogP) is 2.11. The van der Waals surface area contributed by atoms with Crippen molar-refractivity contribution in [2.75, 3.05) is 18.1 Å². The number of aryl methyl sites for hydroxylation is 2. The summed E-state index contributed by atoms with van der Waals surface area (Å²) in [5.41, 5.74) is 1.11. The van der Waals surface area contributed by atoms with Crippen LogP contribution in [0, 0.1) is 19.8 Å². The zero-order valence-electron chi connectivity index (χ0n) is 12.5. The normalized spacial score (nSPS) is 23.1. The zero-order chi connectivity index (χ0) is 14.8. The molecular weight excluding hydrogens is 292 g/mol. The molecule has 4 nitrogen and oxygen atoms in total. The van der Waals surface area contributed by atoms with Gasteiger partial charge < -0.3 is 5.32 Å². The highest BCUT2D eigenvalue weighted by molar-refractivity contribution is 7.91. The number of nitrogens with one attached hydrogen (secondary N) is 1. The average Bonchev–Trinajstić information content (AvgIpc) is 2.83. The summed E-state index contributed by atoms with van der Waals surface area (Å²) >= 11 is 1.76. The van der Waals surface area contributed by atoms with Crippen molar-refractivity contribution in [1.29, 1.82) is 0 Å². The van der Waals surface area contributed by atoms with E-state index in [1.54, 1.807) is 11.3 Å². The van der Waals surface area contributed by atoms with Crippen LogP contribution in [-0.4, -0.2) is 37.5 Å². The van der Waals surface area contributed by atoms with Crippen molar-refractivity contribution in [2.24, 2.45) is 5.92 Å². The largest absolute Gasteiger partial charge is 0.314 e. The zero-order valence-corrected chi connectivity index (χ0v) is 14.1. The van der Waals surface area contributed by atoms with Crippen LogP contribution < -0.4 is 5.32 Å². The first-order chi connectivity index (χ1) is 9.39. The summed E-state index contributed by atoms with van der Waals surface area (Å²) in [5, 5.41) is 4.64. The molecule has 1 fully saturated rings. The van der Waals surface area contributed by atoms with E-state index in [0.29, 0.717) is 23.5 Å². The van der Waals surface area contributed by atoms with Crippen LogP contribution in [0.3, 0.4) is 0 Å². The summed E-state index contributed by atoms with van der Waals surface area (Å²) in [6.07, 6.45) is 2.66. The Morgan fingerprint density at radius 1 is 1.45 bits per heavy atom. The smallest absolute Gasteiger partial charge is 0.150 e. The van der Waals surface area contributed by atoms with Crippen LogP contribution in [0.15, 0.2) is 0 Å². The van der Waals surface area contributed by atoms with Gasteiger partial charge in [0.05, 0.1) is 22.2 Å². The third-order valence-electron chi connectivity index (χ3n) is 3.93. The Morgan fingerprint density at radius 3 is 2.70 bits per heavy atom. The van der Waals surface area contributed by atoms with E-state index < -0.39 is 9.84 Å². The topological polar surface area (TPSA) is 59.1 Å². The molecule has 2 atom stereocenters. The fraction of sp³-hybridized carbons (Fsp3) is 0.786. The molecule has 1 aliphatic rings.